The van der Waals surface area contributed by atoms with Gasteiger partial charge in [-0.1, -0.05) is 6.07 Å². The maximum atomic E-state index is 12.5. The molecule has 1 atom stereocenters. The predicted octanol–water partition coefficient (Wildman–Crippen LogP) is 5.11. The van der Waals surface area contributed by atoms with Crippen molar-refractivity contribution < 1.29 is 22.7 Å². The fourth-order valence-electron chi connectivity index (χ4n) is 3.29. The highest BCUT2D eigenvalue weighted by molar-refractivity contribution is 7.13. The molecule has 3 aromatic rings. The summed E-state index contributed by atoms with van der Waals surface area (Å²) in [5.41, 5.74) is 14.8. The van der Waals surface area contributed by atoms with Crippen LogP contribution in [0, 0.1) is 0 Å². The summed E-state index contributed by atoms with van der Waals surface area (Å²) in [6, 6.07) is 8.59. The molecule has 180 valence electrons. The van der Waals surface area contributed by atoms with Crippen molar-refractivity contribution in [1.29, 1.82) is 0 Å². The second kappa shape index (κ2) is 10.3. The molecule has 0 fully saturated rings. The number of thiophene rings is 1. The van der Waals surface area contributed by atoms with E-state index in [0.717, 1.165) is 23.1 Å². The zero-order chi connectivity index (χ0) is 25.0. The Morgan fingerprint density at radius 2 is 1.97 bits per heavy atom. The minimum absolute atomic E-state index is 0.0466. The lowest BCUT2D eigenvalue weighted by Gasteiger charge is -2.16. The lowest BCUT2D eigenvalue weighted by Crippen LogP contribution is -2.17. The number of primary amides is 1. The fourth-order valence-corrected chi connectivity index (χ4v) is 4.18. The molecule has 0 aliphatic rings. The van der Waals surface area contributed by atoms with Crippen LogP contribution in [0.2, 0.25) is 0 Å². The second-order valence-corrected chi connectivity index (χ2v) is 8.92. The number of carbonyl (C=O) groups excluding carboxylic acids is 1. The van der Waals surface area contributed by atoms with Crippen LogP contribution in [0.5, 0.6) is 5.75 Å². The lowest BCUT2D eigenvalue weighted by molar-refractivity contribution is -0.0804. The number of allylic oxidation sites excluding steroid dienone is 1. The van der Waals surface area contributed by atoms with Gasteiger partial charge in [-0.15, -0.1) is 11.3 Å². The number of halogens is 3. The minimum atomic E-state index is -4.47. The molecule has 6 nitrogen and oxygen atoms in total. The fraction of sp³-hybridized carbons (Fsp3) is 0.250. The number of pyridine rings is 1. The minimum Gasteiger partial charge on any atom is -0.486 e. The van der Waals surface area contributed by atoms with Crippen LogP contribution >= 0.6 is 11.3 Å². The third kappa shape index (κ3) is 6.58. The van der Waals surface area contributed by atoms with Crippen LogP contribution < -0.4 is 16.2 Å². The average molecular weight is 491 g/mol. The first kappa shape index (κ1) is 25.3. The van der Waals surface area contributed by atoms with Gasteiger partial charge >= 0.3 is 6.18 Å². The number of ether oxygens (including phenoxy) is 1. The van der Waals surface area contributed by atoms with E-state index in [2.05, 4.69) is 21.3 Å². The van der Waals surface area contributed by atoms with Crippen molar-refractivity contribution in [2.75, 3.05) is 19.8 Å². The van der Waals surface area contributed by atoms with E-state index in [1.165, 1.54) is 24.6 Å². The number of benzene rings is 1. The molecule has 10 heteroatoms. The Labute approximate surface area is 199 Å². The molecule has 0 aliphatic carbocycles. The number of nitrogen functional groups attached to an aromatic ring is 1. The third-order valence-corrected chi connectivity index (χ3v) is 5.81. The number of hydrogen-bond donors (Lipinski definition) is 2. The molecule has 1 aromatic carbocycles. The van der Waals surface area contributed by atoms with Crippen LogP contribution in [0.4, 0.5) is 19.0 Å². The molecular weight excluding hydrogens is 465 g/mol. The van der Waals surface area contributed by atoms with Crippen LogP contribution in [0.25, 0.3) is 21.6 Å². The molecule has 0 bridgehead atoms. The molecule has 0 spiro atoms. The van der Waals surface area contributed by atoms with Crippen molar-refractivity contribution in [2.45, 2.75) is 25.7 Å². The maximum Gasteiger partial charge on any atom is 0.409 e. The Kier molecular flexibility index (Phi) is 7.63. The Hall–Kier alpha value is -3.37. The quantitative estimate of drug-likeness (QED) is 0.428. The SMILES string of the molecule is C[C@H](/C=C/C(F)(F)F)Oc1cc(-c2cc(-c3cc(CN(C)C)cs3)cnc2N)ccc1C(N)=O. The second-order valence-electron chi connectivity index (χ2n) is 8.01. The normalized spacial score (nSPS) is 12.9. The summed E-state index contributed by atoms with van der Waals surface area (Å²) >= 11 is 1.59. The summed E-state index contributed by atoms with van der Waals surface area (Å²) in [7, 11) is 3.99. The van der Waals surface area contributed by atoms with Crippen molar-refractivity contribution in [3.05, 3.63) is 65.2 Å². The highest BCUT2D eigenvalue weighted by atomic mass is 32.1. The molecule has 3 rings (SSSR count). The molecule has 34 heavy (non-hydrogen) atoms. The monoisotopic (exact) mass is 490 g/mol. The first-order valence-corrected chi connectivity index (χ1v) is 11.2. The van der Waals surface area contributed by atoms with Crippen LogP contribution in [0.15, 0.2) is 54.1 Å². The number of anilines is 1. The van der Waals surface area contributed by atoms with Crippen LogP contribution in [0.3, 0.4) is 0 Å². The van der Waals surface area contributed by atoms with Crippen molar-refractivity contribution >= 4 is 23.1 Å². The maximum absolute atomic E-state index is 12.5. The van der Waals surface area contributed by atoms with Gasteiger partial charge in [0.25, 0.3) is 5.91 Å². The number of carbonyl (C=O) groups is 1. The third-order valence-electron chi connectivity index (χ3n) is 4.78. The summed E-state index contributed by atoms with van der Waals surface area (Å²) in [5.74, 6) is -0.449. The van der Waals surface area contributed by atoms with Crippen molar-refractivity contribution in [2.24, 2.45) is 5.73 Å². The number of rotatable bonds is 8. The van der Waals surface area contributed by atoms with Crippen molar-refractivity contribution in [3.63, 3.8) is 0 Å². The van der Waals surface area contributed by atoms with Crippen LogP contribution in [-0.4, -0.2) is 42.2 Å². The van der Waals surface area contributed by atoms with Gasteiger partial charge in [0.1, 0.15) is 17.7 Å². The first-order valence-electron chi connectivity index (χ1n) is 10.3. The largest absolute Gasteiger partial charge is 0.486 e. The molecule has 0 radical (unpaired) electrons. The van der Waals surface area contributed by atoms with Gasteiger partial charge < -0.3 is 21.1 Å². The van der Waals surface area contributed by atoms with E-state index < -0.39 is 18.2 Å². The first-order chi connectivity index (χ1) is 15.9. The molecule has 0 saturated carbocycles. The highest BCUT2D eigenvalue weighted by Crippen LogP contribution is 2.35. The topological polar surface area (TPSA) is 94.5 Å². The van der Waals surface area contributed by atoms with E-state index >= 15 is 0 Å². The molecule has 1 amide bonds. The van der Waals surface area contributed by atoms with Gasteiger partial charge in [-0.05, 0) is 67.9 Å². The number of nitrogens with two attached hydrogens (primary N) is 2. The van der Waals surface area contributed by atoms with Gasteiger partial charge in [0.2, 0.25) is 0 Å². The number of nitrogens with zero attached hydrogens (tertiary/aromatic N) is 2. The molecule has 2 heterocycles. The van der Waals surface area contributed by atoms with E-state index in [1.54, 1.807) is 23.6 Å². The van der Waals surface area contributed by atoms with Gasteiger partial charge in [0, 0.05) is 34.8 Å². The molecule has 4 N–H and O–H groups in total. The summed E-state index contributed by atoms with van der Waals surface area (Å²) in [4.78, 5) is 19.3. The Morgan fingerprint density at radius 1 is 1.24 bits per heavy atom. The number of alkyl halides is 3. The molecule has 0 saturated heterocycles. The number of amides is 1. The summed E-state index contributed by atoms with van der Waals surface area (Å²) in [6.45, 7) is 2.24. The van der Waals surface area contributed by atoms with Gasteiger partial charge in [-0.25, -0.2) is 4.98 Å². The smallest absolute Gasteiger partial charge is 0.409 e. The zero-order valence-electron chi connectivity index (χ0n) is 18.9. The standard InChI is InChI=1S/C24H25F3N4O2S/c1-14(6-7-24(25,26)27)33-20-10-16(4-5-18(20)23(29)32)19-9-17(11-30-22(19)28)21-8-15(13-34-21)12-31(2)3/h4-11,13-14H,12H2,1-3H3,(H2,28,30)(H2,29,32)/b7-6+/t14-/m1/s1. The van der Waals surface area contributed by atoms with Gasteiger partial charge in [0.05, 0.1) is 5.56 Å². The molecule has 0 unspecified atom stereocenters. The van der Waals surface area contributed by atoms with E-state index in [-0.39, 0.29) is 23.2 Å². The lowest BCUT2D eigenvalue weighted by atomic mass is 10.0. The van der Waals surface area contributed by atoms with E-state index in [4.69, 9.17) is 16.2 Å². The van der Waals surface area contributed by atoms with E-state index in [9.17, 15) is 18.0 Å². The summed E-state index contributed by atoms with van der Waals surface area (Å²) in [5, 5.41) is 2.08. The van der Waals surface area contributed by atoms with Crippen molar-refractivity contribution in [3.8, 4) is 27.3 Å². The number of aromatic nitrogens is 1. The van der Waals surface area contributed by atoms with E-state index in [0.29, 0.717) is 11.1 Å². The van der Waals surface area contributed by atoms with Crippen molar-refractivity contribution in [1.82, 2.24) is 9.88 Å². The Bertz CT molecular complexity index is 1210. The number of hydrogen-bond acceptors (Lipinski definition) is 6. The molecule has 2 aromatic heterocycles. The summed E-state index contributed by atoms with van der Waals surface area (Å²) < 4.78 is 43.1. The average Bonchev–Trinajstić information content (AvgIpc) is 3.19. The van der Waals surface area contributed by atoms with E-state index in [1.807, 2.05) is 20.2 Å². The summed E-state index contributed by atoms with van der Waals surface area (Å²) in [6.07, 6.45) is -2.80. The van der Waals surface area contributed by atoms with Gasteiger partial charge in [-0.2, -0.15) is 13.2 Å². The van der Waals surface area contributed by atoms with Gasteiger partial charge in [-0.3, -0.25) is 4.79 Å². The Morgan fingerprint density at radius 3 is 2.62 bits per heavy atom. The van der Waals surface area contributed by atoms with Crippen LogP contribution in [-0.2, 0) is 6.54 Å². The predicted molar refractivity (Wildman–Crippen MR) is 129 cm³/mol. The molecular formula is C24H25F3N4O2S. The zero-order valence-corrected chi connectivity index (χ0v) is 19.7. The highest BCUT2D eigenvalue weighted by Gasteiger charge is 2.23. The molecule has 0 aliphatic heterocycles. The Balaban J connectivity index is 1.97. The van der Waals surface area contributed by atoms with Crippen LogP contribution in [0.1, 0.15) is 22.8 Å². The van der Waals surface area contributed by atoms with Gasteiger partial charge in [0.15, 0.2) is 0 Å².